The van der Waals surface area contributed by atoms with Crippen LogP contribution in [0, 0.1) is 0 Å². The lowest BCUT2D eigenvalue weighted by atomic mass is 10.1. The summed E-state index contributed by atoms with van der Waals surface area (Å²) in [5, 5.41) is 17.2. The lowest BCUT2D eigenvalue weighted by Gasteiger charge is -2.23. The van der Waals surface area contributed by atoms with Gasteiger partial charge in [-0.25, -0.2) is 0 Å². The zero-order valence-electron chi connectivity index (χ0n) is 13.9. The summed E-state index contributed by atoms with van der Waals surface area (Å²) in [6, 6.07) is -1.02. The molecule has 0 spiro atoms. The molecule has 0 aromatic heterocycles. The summed E-state index contributed by atoms with van der Waals surface area (Å²) >= 11 is 0. The highest BCUT2D eigenvalue weighted by Gasteiger charge is 2.26. The van der Waals surface area contributed by atoms with E-state index >= 15 is 0 Å². The van der Waals surface area contributed by atoms with E-state index in [1.807, 2.05) is 0 Å². The van der Waals surface area contributed by atoms with Crippen molar-refractivity contribution in [3.05, 3.63) is 0 Å². The van der Waals surface area contributed by atoms with Gasteiger partial charge in [-0.05, 0) is 32.9 Å². The number of carboxylic acid groups (broad SMARTS) is 1. The number of rotatable bonds is 11. The molecule has 9 nitrogen and oxygen atoms in total. The second-order valence-electron chi connectivity index (χ2n) is 5.67. The first kappa shape index (κ1) is 20.0. The molecular formula is C15H26N4O5. The van der Waals surface area contributed by atoms with E-state index < -0.39 is 12.0 Å². The first-order valence-electron chi connectivity index (χ1n) is 8.12. The maximum Gasteiger partial charge on any atom is 0.320 e. The summed E-state index contributed by atoms with van der Waals surface area (Å²) < 4.78 is 0. The number of carboxylic acids is 1. The van der Waals surface area contributed by atoms with Crippen molar-refractivity contribution in [3.63, 3.8) is 0 Å². The SMILES string of the molecule is CNC(CCC(=O)NCCN(CC=O)C(=O)C1CCCN1)C(=O)O. The van der Waals surface area contributed by atoms with E-state index in [2.05, 4.69) is 16.0 Å². The van der Waals surface area contributed by atoms with Gasteiger partial charge in [-0.3, -0.25) is 14.4 Å². The number of nitrogens with one attached hydrogen (secondary N) is 3. The number of hydrogen-bond acceptors (Lipinski definition) is 6. The third kappa shape index (κ3) is 6.63. The highest BCUT2D eigenvalue weighted by molar-refractivity contribution is 5.84. The van der Waals surface area contributed by atoms with Gasteiger partial charge < -0.3 is 30.8 Å². The van der Waals surface area contributed by atoms with E-state index in [-0.39, 0.29) is 50.3 Å². The lowest BCUT2D eigenvalue weighted by Crippen LogP contribution is -2.47. The van der Waals surface area contributed by atoms with Crippen LogP contribution in [0.25, 0.3) is 0 Å². The normalized spacial score (nSPS) is 18.0. The van der Waals surface area contributed by atoms with Crippen LogP contribution < -0.4 is 16.0 Å². The van der Waals surface area contributed by atoms with Crippen LogP contribution in [0.1, 0.15) is 25.7 Å². The van der Waals surface area contributed by atoms with Gasteiger partial charge in [0.15, 0.2) is 0 Å². The molecule has 0 radical (unpaired) electrons. The molecule has 1 rings (SSSR count). The average Bonchev–Trinajstić information content (AvgIpc) is 3.08. The van der Waals surface area contributed by atoms with Crippen LogP contribution >= 0.6 is 0 Å². The molecule has 2 atom stereocenters. The van der Waals surface area contributed by atoms with Crippen molar-refractivity contribution >= 4 is 24.1 Å². The topological polar surface area (TPSA) is 128 Å². The lowest BCUT2D eigenvalue weighted by molar-refractivity contribution is -0.139. The Bertz CT molecular complexity index is 451. The Morgan fingerprint density at radius 1 is 1.42 bits per heavy atom. The highest BCUT2D eigenvalue weighted by Crippen LogP contribution is 2.08. The minimum Gasteiger partial charge on any atom is -0.480 e. The minimum atomic E-state index is -1.00. The van der Waals surface area contributed by atoms with Gasteiger partial charge in [0.1, 0.15) is 12.3 Å². The van der Waals surface area contributed by atoms with Crippen molar-refractivity contribution in [3.8, 4) is 0 Å². The number of aldehydes is 1. The number of carbonyl (C=O) groups excluding carboxylic acids is 3. The summed E-state index contributed by atoms with van der Waals surface area (Å²) in [4.78, 5) is 47.0. The number of likely N-dealkylation sites (N-methyl/N-ethyl adjacent to an activating group) is 1. The third-order valence-electron chi connectivity index (χ3n) is 3.98. The van der Waals surface area contributed by atoms with Crippen molar-refractivity contribution in [1.29, 1.82) is 0 Å². The minimum absolute atomic E-state index is 0.00622. The van der Waals surface area contributed by atoms with E-state index in [0.717, 1.165) is 19.4 Å². The van der Waals surface area contributed by atoms with Crippen LogP contribution in [0.4, 0.5) is 0 Å². The Labute approximate surface area is 141 Å². The van der Waals surface area contributed by atoms with E-state index in [9.17, 15) is 19.2 Å². The number of carbonyl (C=O) groups is 4. The van der Waals surface area contributed by atoms with Gasteiger partial charge in [0.2, 0.25) is 11.8 Å². The molecule has 1 aliphatic heterocycles. The molecule has 1 saturated heterocycles. The molecule has 0 aromatic rings. The van der Waals surface area contributed by atoms with Gasteiger partial charge in [0.25, 0.3) is 0 Å². The molecule has 0 saturated carbocycles. The molecule has 4 N–H and O–H groups in total. The number of aliphatic carboxylic acids is 1. The summed E-state index contributed by atoms with van der Waals surface area (Å²) in [5.41, 5.74) is 0. The molecule has 2 unspecified atom stereocenters. The molecular weight excluding hydrogens is 316 g/mol. The fourth-order valence-corrected chi connectivity index (χ4v) is 2.58. The molecule has 0 bridgehead atoms. The Balaban J connectivity index is 2.33. The first-order chi connectivity index (χ1) is 11.5. The fourth-order valence-electron chi connectivity index (χ4n) is 2.58. The molecule has 2 amide bonds. The maximum atomic E-state index is 12.3. The second-order valence-corrected chi connectivity index (χ2v) is 5.67. The summed E-state index contributed by atoms with van der Waals surface area (Å²) in [5.74, 6) is -1.42. The van der Waals surface area contributed by atoms with Gasteiger partial charge >= 0.3 is 5.97 Å². The smallest absolute Gasteiger partial charge is 0.320 e. The van der Waals surface area contributed by atoms with Crippen molar-refractivity contribution in [2.24, 2.45) is 0 Å². The van der Waals surface area contributed by atoms with E-state index in [1.54, 1.807) is 0 Å². The predicted molar refractivity (Wildman–Crippen MR) is 86.4 cm³/mol. The van der Waals surface area contributed by atoms with Gasteiger partial charge in [0.05, 0.1) is 12.6 Å². The second kappa shape index (κ2) is 10.7. The zero-order valence-corrected chi connectivity index (χ0v) is 13.9. The van der Waals surface area contributed by atoms with Crippen LogP contribution in [0.2, 0.25) is 0 Å². The van der Waals surface area contributed by atoms with Crippen LogP contribution in [-0.4, -0.2) is 79.4 Å². The molecule has 24 heavy (non-hydrogen) atoms. The quantitative estimate of drug-likeness (QED) is 0.331. The van der Waals surface area contributed by atoms with Crippen LogP contribution in [0.15, 0.2) is 0 Å². The Kier molecular flexibility index (Phi) is 8.95. The molecule has 1 aliphatic rings. The van der Waals surface area contributed by atoms with Crippen LogP contribution in [0.3, 0.4) is 0 Å². The summed E-state index contributed by atoms with van der Waals surface area (Å²) in [6.07, 6.45) is 2.60. The molecule has 0 aliphatic carbocycles. The van der Waals surface area contributed by atoms with Crippen LogP contribution in [0.5, 0.6) is 0 Å². The first-order valence-corrected chi connectivity index (χ1v) is 8.12. The van der Waals surface area contributed by atoms with Gasteiger partial charge in [0, 0.05) is 19.5 Å². The maximum absolute atomic E-state index is 12.3. The Hall–Kier alpha value is -2.00. The average molecular weight is 342 g/mol. The highest BCUT2D eigenvalue weighted by atomic mass is 16.4. The van der Waals surface area contributed by atoms with Crippen molar-refractivity contribution in [2.75, 3.05) is 33.2 Å². The molecule has 0 aromatic carbocycles. The molecule has 1 heterocycles. The van der Waals surface area contributed by atoms with E-state index in [1.165, 1.54) is 11.9 Å². The number of nitrogens with zero attached hydrogens (tertiary/aromatic N) is 1. The van der Waals surface area contributed by atoms with E-state index in [4.69, 9.17) is 5.11 Å². The Morgan fingerprint density at radius 2 is 2.17 bits per heavy atom. The van der Waals surface area contributed by atoms with Gasteiger partial charge in [-0.15, -0.1) is 0 Å². The third-order valence-corrected chi connectivity index (χ3v) is 3.98. The molecule has 9 heteroatoms. The van der Waals surface area contributed by atoms with Gasteiger partial charge in [-0.2, -0.15) is 0 Å². The largest absolute Gasteiger partial charge is 0.480 e. The van der Waals surface area contributed by atoms with Crippen LogP contribution in [-0.2, 0) is 19.2 Å². The summed E-state index contributed by atoms with van der Waals surface area (Å²) in [6.45, 7) is 1.25. The summed E-state index contributed by atoms with van der Waals surface area (Å²) in [7, 11) is 1.52. The monoisotopic (exact) mass is 342 g/mol. The zero-order chi connectivity index (χ0) is 17.9. The van der Waals surface area contributed by atoms with Crippen molar-refractivity contribution in [2.45, 2.75) is 37.8 Å². The standard InChI is InChI=1S/C15H26N4O5/c1-16-12(15(23)24)4-5-13(21)18-7-8-19(9-10-20)14(22)11-3-2-6-17-11/h10-12,16-17H,2-9H2,1H3,(H,18,21)(H,23,24). The van der Waals surface area contributed by atoms with Gasteiger partial charge in [-0.1, -0.05) is 0 Å². The number of amides is 2. The van der Waals surface area contributed by atoms with E-state index in [0.29, 0.717) is 6.29 Å². The fraction of sp³-hybridized carbons (Fsp3) is 0.733. The Morgan fingerprint density at radius 3 is 2.71 bits per heavy atom. The number of hydrogen-bond donors (Lipinski definition) is 4. The molecule has 136 valence electrons. The van der Waals surface area contributed by atoms with Crippen molar-refractivity contribution in [1.82, 2.24) is 20.9 Å². The predicted octanol–water partition coefficient (Wildman–Crippen LogP) is -1.67. The molecule has 1 fully saturated rings. The van der Waals surface area contributed by atoms with Crippen molar-refractivity contribution < 1.29 is 24.3 Å².